The number of oxazole rings is 1. The van der Waals surface area contributed by atoms with Gasteiger partial charge in [-0.2, -0.15) is 0 Å². The second kappa shape index (κ2) is 6.60. The zero-order chi connectivity index (χ0) is 19.1. The van der Waals surface area contributed by atoms with Gasteiger partial charge in [0.25, 0.3) is 5.91 Å². The van der Waals surface area contributed by atoms with Crippen molar-refractivity contribution in [1.29, 1.82) is 0 Å². The van der Waals surface area contributed by atoms with Gasteiger partial charge in [-0.25, -0.2) is 17.5 Å². The number of aromatic nitrogens is 1. The third-order valence-corrected chi connectivity index (χ3v) is 5.78. The molecule has 26 heavy (non-hydrogen) atoms. The Morgan fingerprint density at radius 1 is 1.19 bits per heavy atom. The van der Waals surface area contributed by atoms with Crippen LogP contribution in [0.3, 0.4) is 0 Å². The molecule has 2 aromatic carbocycles. The Morgan fingerprint density at radius 2 is 1.92 bits per heavy atom. The number of carbonyl (C=O) groups is 1. The van der Waals surface area contributed by atoms with Crippen LogP contribution in [0.25, 0.3) is 11.1 Å². The molecule has 0 aliphatic carbocycles. The minimum Gasteiger partial charge on any atom is -0.408 e. The lowest BCUT2D eigenvalue weighted by Gasteiger charge is -2.13. The van der Waals surface area contributed by atoms with Gasteiger partial charge in [0.1, 0.15) is 0 Å². The molecule has 0 saturated heterocycles. The van der Waals surface area contributed by atoms with Crippen LogP contribution in [0.1, 0.15) is 10.4 Å². The van der Waals surface area contributed by atoms with Crippen molar-refractivity contribution in [1.82, 2.24) is 9.29 Å². The molecule has 1 heterocycles. The molecule has 0 saturated carbocycles. The highest BCUT2D eigenvalue weighted by molar-refractivity contribution is 7.89. The third-order valence-electron chi connectivity index (χ3n) is 3.64. The number of halogens is 1. The van der Waals surface area contributed by atoms with E-state index in [1.54, 1.807) is 6.07 Å². The Bertz CT molecular complexity index is 1160. The zero-order valence-electron chi connectivity index (χ0n) is 13.7. The molecule has 8 nitrogen and oxygen atoms in total. The predicted octanol–water partition coefficient (Wildman–Crippen LogP) is 2.28. The molecule has 0 fully saturated rings. The Labute approximate surface area is 153 Å². The molecule has 1 amide bonds. The number of rotatable bonds is 4. The molecular weight excluding hydrogens is 382 g/mol. The van der Waals surface area contributed by atoms with E-state index in [9.17, 15) is 18.0 Å². The molecule has 2 N–H and O–H groups in total. The first-order valence-electron chi connectivity index (χ1n) is 7.35. The number of H-pyrrole nitrogens is 1. The lowest BCUT2D eigenvalue weighted by Crippen LogP contribution is -2.23. The van der Waals surface area contributed by atoms with Gasteiger partial charge in [0.2, 0.25) is 10.0 Å². The van der Waals surface area contributed by atoms with E-state index in [1.807, 2.05) is 0 Å². The van der Waals surface area contributed by atoms with Crippen molar-refractivity contribution in [2.24, 2.45) is 0 Å². The normalized spacial score (nSPS) is 11.8. The van der Waals surface area contributed by atoms with Crippen molar-refractivity contribution >= 4 is 44.3 Å². The summed E-state index contributed by atoms with van der Waals surface area (Å²) in [6, 6.07) is 8.49. The van der Waals surface area contributed by atoms with Gasteiger partial charge in [-0.05, 0) is 36.4 Å². The molecular formula is C16H14ClN3O5S. The summed E-state index contributed by atoms with van der Waals surface area (Å²) in [5.74, 6) is -1.19. The van der Waals surface area contributed by atoms with Crippen molar-refractivity contribution in [2.45, 2.75) is 4.90 Å². The summed E-state index contributed by atoms with van der Waals surface area (Å²) in [7, 11) is -0.919. The number of hydrogen-bond donors (Lipinski definition) is 2. The molecule has 136 valence electrons. The summed E-state index contributed by atoms with van der Waals surface area (Å²) in [5.41, 5.74) is 1.17. The van der Waals surface area contributed by atoms with Crippen molar-refractivity contribution in [3.63, 3.8) is 0 Å². The highest BCUT2D eigenvalue weighted by atomic mass is 35.5. The summed E-state index contributed by atoms with van der Waals surface area (Å²) in [5, 5.41) is 2.72. The molecule has 0 aliphatic heterocycles. The number of carbonyl (C=O) groups excluding carboxylic acids is 1. The highest BCUT2D eigenvalue weighted by Gasteiger charge is 2.21. The first kappa shape index (κ1) is 18.2. The van der Waals surface area contributed by atoms with Gasteiger partial charge in [-0.3, -0.25) is 9.78 Å². The highest BCUT2D eigenvalue weighted by Crippen LogP contribution is 2.24. The first-order chi connectivity index (χ1) is 12.2. The second-order valence-corrected chi connectivity index (χ2v) is 8.17. The number of aromatic amines is 1. The van der Waals surface area contributed by atoms with Crippen LogP contribution in [-0.2, 0) is 10.0 Å². The Morgan fingerprint density at radius 3 is 2.62 bits per heavy atom. The van der Waals surface area contributed by atoms with Gasteiger partial charge in [-0.15, -0.1) is 0 Å². The molecule has 3 aromatic rings. The van der Waals surface area contributed by atoms with Crippen molar-refractivity contribution in [2.75, 3.05) is 19.4 Å². The fraction of sp³-hybridized carbons (Fsp3) is 0.125. The van der Waals surface area contributed by atoms with Crippen molar-refractivity contribution in [3.05, 3.63) is 57.5 Å². The summed E-state index contributed by atoms with van der Waals surface area (Å²) in [6.45, 7) is 0. The average molecular weight is 396 g/mol. The van der Waals surface area contributed by atoms with E-state index in [2.05, 4.69) is 10.3 Å². The molecule has 0 bridgehead atoms. The van der Waals surface area contributed by atoms with E-state index >= 15 is 0 Å². The van der Waals surface area contributed by atoms with E-state index in [0.717, 1.165) is 4.31 Å². The van der Waals surface area contributed by atoms with Gasteiger partial charge >= 0.3 is 5.76 Å². The van der Waals surface area contributed by atoms with Crippen LogP contribution < -0.4 is 11.1 Å². The number of sulfonamides is 1. The largest absolute Gasteiger partial charge is 0.417 e. The predicted molar refractivity (Wildman–Crippen MR) is 97.1 cm³/mol. The Hall–Kier alpha value is -2.62. The molecule has 3 rings (SSSR count). The van der Waals surface area contributed by atoms with E-state index in [1.165, 1.54) is 44.4 Å². The second-order valence-electron chi connectivity index (χ2n) is 5.61. The van der Waals surface area contributed by atoms with Crippen LogP contribution in [-0.4, -0.2) is 37.7 Å². The fourth-order valence-electron chi connectivity index (χ4n) is 2.28. The standard InChI is InChI=1S/C16H14ClN3O5S/c1-20(2)26(23,24)10-4-5-12(17)11(8-10)15(21)18-9-3-6-14-13(7-9)19-16(22)25-14/h3-8H,1-2H3,(H,18,21)(H,19,22). The molecule has 0 radical (unpaired) electrons. The lowest BCUT2D eigenvalue weighted by atomic mass is 10.2. The molecule has 0 aliphatic rings. The van der Waals surface area contributed by atoms with Crippen LogP contribution in [0.5, 0.6) is 0 Å². The van der Waals surface area contributed by atoms with Crippen molar-refractivity contribution in [3.8, 4) is 0 Å². The molecule has 1 aromatic heterocycles. The molecule has 10 heteroatoms. The molecule has 0 unspecified atom stereocenters. The average Bonchev–Trinajstić information content (AvgIpc) is 2.94. The summed E-state index contributed by atoms with van der Waals surface area (Å²) >= 11 is 6.05. The SMILES string of the molecule is CN(C)S(=O)(=O)c1ccc(Cl)c(C(=O)Nc2ccc3oc(=O)[nH]c3c2)c1. The quantitative estimate of drug-likeness (QED) is 0.703. The van der Waals surface area contributed by atoms with Crippen LogP contribution in [0.15, 0.2) is 50.5 Å². The van der Waals surface area contributed by atoms with Crippen molar-refractivity contribution < 1.29 is 17.6 Å². The van der Waals surface area contributed by atoms with E-state index < -0.39 is 21.7 Å². The number of anilines is 1. The number of nitrogens with zero attached hydrogens (tertiary/aromatic N) is 1. The van der Waals surface area contributed by atoms with Gasteiger partial charge in [0.05, 0.1) is 21.0 Å². The molecule has 0 spiro atoms. The minimum atomic E-state index is -3.71. The first-order valence-corrected chi connectivity index (χ1v) is 9.16. The fourth-order valence-corrected chi connectivity index (χ4v) is 3.41. The zero-order valence-corrected chi connectivity index (χ0v) is 15.3. The van der Waals surface area contributed by atoms with Crippen LogP contribution in [0.4, 0.5) is 5.69 Å². The number of amides is 1. The number of hydrogen-bond acceptors (Lipinski definition) is 5. The van der Waals surface area contributed by atoms with E-state index in [0.29, 0.717) is 16.8 Å². The summed E-state index contributed by atoms with van der Waals surface area (Å²) in [6.07, 6.45) is 0. The lowest BCUT2D eigenvalue weighted by molar-refractivity contribution is 0.102. The maximum absolute atomic E-state index is 12.5. The maximum Gasteiger partial charge on any atom is 0.417 e. The van der Waals surface area contributed by atoms with Crippen LogP contribution in [0.2, 0.25) is 5.02 Å². The van der Waals surface area contributed by atoms with Gasteiger partial charge in [-0.1, -0.05) is 11.6 Å². The van der Waals surface area contributed by atoms with Gasteiger partial charge in [0, 0.05) is 19.8 Å². The van der Waals surface area contributed by atoms with Crippen LogP contribution in [0, 0.1) is 0 Å². The Balaban J connectivity index is 1.94. The number of fused-ring (bicyclic) bond motifs is 1. The van der Waals surface area contributed by atoms with Gasteiger partial charge in [0.15, 0.2) is 5.58 Å². The number of nitrogens with one attached hydrogen (secondary N) is 2. The van der Waals surface area contributed by atoms with E-state index in [-0.39, 0.29) is 15.5 Å². The topological polar surface area (TPSA) is 112 Å². The monoisotopic (exact) mass is 395 g/mol. The summed E-state index contributed by atoms with van der Waals surface area (Å²) < 4.78 is 30.4. The maximum atomic E-state index is 12.5. The summed E-state index contributed by atoms with van der Waals surface area (Å²) in [4.78, 5) is 26.1. The molecule has 0 atom stereocenters. The third kappa shape index (κ3) is 3.36. The minimum absolute atomic E-state index is 0.00961. The smallest absolute Gasteiger partial charge is 0.408 e. The number of benzene rings is 2. The van der Waals surface area contributed by atoms with Crippen LogP contribution >= 0.6 is 11.6 Å². The Kier molecular flexibility index (Phi) is 4.61. The van der Waals surface area contributed by atoms with E-state index in [4.69, 9.17) is 16.0 Å². The van der Waals surface area contributed by atoms with Gasteiger partial charge < -0.3 is 9.73 Å².